The van der Waals surface area contributed by atoms with Crippen molar-refractivity contribution in [1.82, 2.24) is 5.32 Å². The Morgan fingerprint density at radius 3 is 2.43 bits per heavy atom. The summed E-state index contributed by atoms with van der Waals surface area (Å²) in [6.45, 7) is 2.33. The van der Waals surface area contributed by atoms with Crippen LogP contribution in [-0.4, -0.2) is 45.7 Å². The molecule has 1 aliphatic heterocycles. The molecule has 158 valence electrons. The Labute approximate surface area is 163 Å². The maximum atomic E-state index is 12.9. The molecule has 1 aromatic rings. The molecule has 1 saturated heterocycles. The first-order valence-electron chi connectivity index (χ1n) is 9.28. The summed E-state index contributed by atoms with van der Waals surface area (Å²) in [4.78, 5) is -0.384. The molecule has 1 saturated carbocycles. The van der Waals surface area contributed by atoms with Crippen LogP contribution in [0.3, 0.4) is 0 Å². The van der Waals surface area contributed by atoms with Crippen LogP contribution in [-0.2, 0) is 25.9 Å². The van der Waals surface area contributed by atoms with Gasteiger partial charge < -0.3 is 5.32 Å². The second-order valence-corrected chi connectivity index (χ2v) is 12.5. The molecule has 0 amide bonds. The van der Waals surface area contributed by atoms with E-state index in [2.05, 4.69) is 5.32 Å². The minimum Gasteiger partial charge on any atom is -0.315 e. The van der Waals surface area contributed by atoms with Crippen LogP contribution in [0.2, 0.25) is 0 Å². The van der Waals surface area contributed by atoms with E-state index in [0.717, 1.165) is 18.2 Å². The van der Waals surface area contributed by atoms with Crippen molar-refractivity contribution in [2.24, 2.45) is 5.92 Å². The Bertz CT molecular complexity index is 924. The van der Waals surface area contributed by atoms with E-state index in [-0.39, 0.29) is 22.5 Å². The summed E-state index contributed by atoms with van der Waals surface area (Å²) in [5, 5.41) is 1.11. The van der Waals surface area contributed by atoms with E-state index in [1.165, 1.54) is 6.92 Å². The van der Waals surface area contributed by atoms with Crippen LogP contribution in [0.1, 0.15) is 38.2 Å². The van der Waals surface area contributed by atoms with Crippen LogP contribution in [0.5, 0.6) is 0 Å². The second kappa shape index (κ2) is 7.60. The first-order valence-corrected chi connectivity index (χ1v) is 12.4. The molecule has 0 spiro atoms. The van der Waals surface area contributed by atoms with Crippen LogP contribution in [0, 0.1) is 5.92 Å². The number of halogens is 3. The monoisotopic (exact) mass is 439 g/mol. The van der Waals surface area contributed by atoms with Gasteiger partial charge in [0.1, 0.15) is 0 Å². The number of hydrogen-bond acceptors (Lipinski definition) is 5. The SMILES string of the molecule is CC(CC1CCNCC1S(=O)(=O)C1CC1)S(=O)(=O)c1cccc(C(F)(F)F)c1. The largest absolute Gasteiger partial charge is 0.416 e. The van der Waals surface area contributed by atoms with Gasteiger partial charge in [-0.05, 0) is 63.3 Å². The summed E-state index contributed by atoms with van der Waals surface area (Å²) in [6.07, 6.45) is -2.71. The molecule has 1 aliphatic carbocycles. The van der Waals surface area contributed by atoms with Crippen LogP contribution in [0.4, 0.5) is 13.2 Å². The average Bonchev–Trinajstić information content (AvgIpc) is 3.47. The number of hydrogen-bond donors (Lipinski definition) is 1. The van der Waals surface area contributed by atoms with Crippen molar-refractivity contribution in [3.8, 4) is 0 Å². The Kier molecular flexibility index (Phi) is 5.86. The predicted molar refractivity (Wildman–Crippen MR) is 99.4 cm³/mol. The van der Waals surface area contributed by atoms with Crippen molar-refractivity contribution in [2.45, 2.75) is 59.4 Å². The van der Waals surface area contributed by atoms with Gasteiger partial charge in [-0.25, -0.2) is 16.8 Å². The molecule has 3 rings (SSSR count). The molecule has 1 aromatic carbocycles. The van der Waals surface area contributed by atoms with Crippen molar-refractivity contribution in [2.75, 3.05) is 13.1 Å². The topological polar surface area (TPSA) is 80.3 Å². The molecule has 1 heterocycles. The van der Waals surface area contributed by atoms with Gasteiger partial charge in [-0.3, -0.25) is 0 Å². The Morgan fingerprint density at radius 2 is 1.82 bits per heavy atom. The highest BCUT2D eigenvalue weighted by Crippen LogP contribution is 2.37. The highest BCUT2D eigenvalue weighted by Gasteiger charge is 2.46. The van der Waals surface area contributed by atoms with Crippen molar-refractivity contribution >= 4 is 19.7 Å². The molecule has 3 atom stereocenters. The molecule has 2 aliphatic rings. The number of sulfone groups is 2. The molecule has 28 heavy (non-hydrogen) atoms. The highest BCUT2D eigenvalue weighted by atomic mass is 32.2. The highest BCUT2D eigenvalue weighted by molar-refractivity contribution is 7.93. The van der Waals surface area contributed by atoms with E-state index in [0.29, 0.717) is 38.4 Å². The fourth-order valence-electron chi connectivity index (χ4n) is 3.82. The van der Waals surface area contributed by atoms with Gasteiger partial charge in [0.05, 0.1) is 26.2 Å². The van der Waals surface area contributed by atoms with Crippen LogP contribution in [0.15, 0.2) is 29.2 Å². The lowest BCUT2D eigenvalue weighted by molar-refractivity contribution is -0.137. The van der Waals surface area contributed by atoms with Crippen LogP contribution in [0.25, 0.3) is 0 Å². The number of nitrogens with one attached hydrogen (secondary N) is 1. The first kappa shape index (κ1) is 21.6. The third kappa shape index (κ3) is 4.38. The lowest BCUT2D eigenvalue weighted by Gasteiger charge is -2.33. The Balaban J connectivity index is 1.81. The number of piperidine rings is 1. The standard InChI is InChI=1S/C18H24F3NO4S2/c1-12(27(23,24)16-4-2-3-14(10-16)18(19,20)21)9-13-7-8-22-11-17(13)28(25,26)15-5-6-15/h2-4,10,12-13,15,17,22H,5-9,11H2,1H3. The zero-order chi connectivity index (χ0) is 20.7. The predicted octanol–water partition coefficient (Wildman–Crippen LogP) is 2.81. The van der Waals surface area contributed by atoms with Gasteiger partial charge in [-0.15, -0.1) is 0 Å². The zero-order valence-corrected chi connectivity index (χ0v) is 17.1. The van der Waals surface area contributed by atoms with E-state index in [1.807, 2.05) is 0 Å². The van der Waals surface area contributed by atoms with Gasteiger partial charge in [-0.2, -0.15) is 13.2 Å². The molecule has 0 bridgehead atoms. The fourth-order valence-corrected chi connectivity index (χ4v) is 7.76. The summed E-state index contributed by atoms with van der Waals surface area (Å²) >= 11 is 0. The quantitative estimate of drug-likeness (QED) is 0.737. The summed E-state index contributed by atoms with van der Waals surface area (Å²) in [6, 6.07) is 3.71. The van der Waals surface area contributed by atoms with Gasteiger partial charge in [0, 0.05) is 6.54 Å². The minimum absolute atomic E-state index is 0.108. The molecular formula is C18H24F3NO4S2. The Hall–Kier alpha value is -1.13. The lowest BCUT2D eigenvalue weighted by atomic mass is 9.93. The zero-order valence-electron chi connectivity index (χ0n) is 15.4. The number of benzene rings is 1. The molecule has 3 unspecified atom stereocenters. The molecule has 0 aromatic heterocycles. The lowest BCUT2D eigenvalue weighted by Crippen LogP contribution is -2.47. The molecular weight excluding hydrogens is 415 g/mol. The Morgan fingerprint density at radius 1 is 1.14 bits per heavy atom. The number of alkyl halides is 3. The second-order valence-electron chi connectivity index (χ2n) is 7.70. The third-order valence-electron chi connectivity index (χ3n) is 5.63. The van der Waals surface area contributed by atoms with Gasteiger partial charge in [0.25, 0.3) is 0 Å². The average molecular weight is 440 g/mol. The van der Waals surface area contributed by atoms with Gasteiger partial charge in [-0.1, -0.05) is 6.07 Å². The third-order valence-corrected chi connectivity index (χ3v) is 10.6. The normalized spacial score (nSPS) is 25.4. The van der Waals surface area contributed by atoms with E-state index in [4.69, 9.17) is 0 Å². The maximum absolute atomic E-state index is 12.9. The summed E-state index contributed by atoms with van der Waals surface area (Å²) in [5.74, 6) is -0.331. The van der Waals surface area contributed by atoms with Crippen molar-refractivity contribution < 1.29 is 30.0 Å². The van der Waals surface area contributed by atoms with Crippen LogP contribution >= 0.6 is 0 Å². The number of rotatable bonds is 6. The molecule has 0 radical (unpaired) electrons. The van der Waals surface area contributed by atoms with E-state index >= 15 is 0 Å². The van der Waals surface area contributed by atoms with Gasteiger partial charge in [0.2, 0.25) is 0 Å². The molecule has 1 N–H and O–H groups in total. The first-order chi connectivity index (χ1) is 12.9. The molecule has 2 fully saturated rings. The minimum atomic E-state index is -4.63. The summed E-state index contributed by atoms with van der Waals surface area (Å²) in [7, 11) is -7.34. The van der Waals surface area contributed by atoms with Crippen molar-refractivity contribution in [3.05, 3.63) is 29.8 Å². The summed E-state index contributed by atoms with van der Waals surface area (Å²) in [5.41, 5.74) is -1.02. The molecule has 5 nitrogen and oxygen atoms in total. The van der Waals surface area contributed by atoms with Crippen molar-refractivity contribution in [3.63, 3.8) is 0 Å². The van der Waals surface area contributed by atoms with E-state index in [9.17, 15) is 30.0 Å². The van der Waals surface area contributed by atoms with Crippen LogP contribution < -0.4 is 5.32 Å². The maximum Gasteiger partial charge on any atom is 0.416 e. The van der Waals surface area contributed by atoms with Crippen molar-refractivity contribution in [1.29, 1.82) is 0 Å². The smallest absolute Gasteiger partial charge is 0.315 e. The summed E-state index contributed by atoms with van der Waals surface area (Å²) < 4.78 is 89.9. The molecule has 10 heteroatoms. The van der Waals surface area contributed by atoms with Gasteiger partial charge >= 0.3 is 6.18 Å². The fraction of sp³-hybridized carbons (Fsp3) is 0.667. The van der Waals surface area contributed by atoms with E-state index in [1.54, 1.807) is 0 Å². The van der Waals surface area contributed by atoms with Gasteiger partial charge in [0.15, 0.2) is 19.7 Å². The van der Waals surface area contributed by atoms with E-state index < -0.39 is 41.9 Å².